The molecular formula is C13H18N2O2S. The monoisotopic (exact) mass is 266 g/mol. The van der Waals surface area contributed by atoms with Crippen molar-refractivity contribution in [1.29, 1.82) is 0 Å². The molecular weight excluding hydrogens is 248 g/mol. The molecule has 0 fully saturated rings. The third kappa shape index (κ3) is 4.41. The van der Waals surface area contributed by atoms with E-state index in [1.807, 2.05) is 32.0 Å². The largest absolute Gasteiger partial charge is 0.344 e. The highest BCUT2D eigenvalue weighted by Crippen LogP contribution is 2.14. The van der Waals surface area contributed by atoms with Crippen molar-refractivity contribution in [1.82, 2.24) is 5.32 Å². The van der Waals surface area contributed by atoms with Crippen molar-refractivity contribution >= 4 is 30.1 Å². The zero-order valence-corrected chi connectivity index (χ0v) is 11.7. The maximum absolute atomic E-state index is 11.9. The predicted octanol–water partition coefficient (Wildman–Crippen LogP) is 1.68. The molecule has 1 unspecified atom stereocenters. The highest BCUT2D eigenvalue weighted by Gasteiger charge is 2.17. The average Bonchev–Trinajstić information content (AvgIpc) is 2.23. The molecule has 1 aromatic carbocycles. The second kappa shape index (κ2) is 6.44. The normalized spacial score (nSPS) is 11.8. The first-order valence-corrected chi connectivity index (χ1v) is 6.32. The van der Waals surface area contributed by atoms with Gasteiger partial charge in [0, 0.05) is 18.4 Å². The summed E-state index contributed by atoms with van der Waals surface area (Å²) in [4.78, 5) is 22.9. The van der Waals surface area contributed by atoms with Gasteiger partial charge in [-0.25, -0.2) is 0 Å². The Kier molecular flexibility index (Phi) is 5.22. The van der Waals surface area contributed by atoms with Crippen LogP contribution in [0.5, 0.6) is 0 Å². The van der Waals surface area contributed by atoms with E-state index in [0.29, 0.717) is 0 Å². The van der Waals surface area contributed by atoms with Crippen LogP contribution in [0.25, 0.3) is 0 Å². The summed E-state index contributed by atoms with van der Waals surface area (Å²) in [5.74, 6) is -0.245. The van der Waals surface area contributed by atoms with Gasteiger partial charge in [-0.05, 0) is 37.1 Å². The number of carbonyl (C=O) groups is 2. The summed E-state index contributed by atoms with van der Waals surface area (Å²) in [7, 11) is 0. The van der Waals surface area contributed by atoms with E-state index in [2.05, 4.69) is 23.3 Å². The highest BCUT2D eigenvalue weighted by molar-refractivity contribution is 7.80. The van der Waals surface area contributed by atoms with Crippen LogP contribution < -0.4 is 10.6 Å². The number of rotatable bonds is 4. The fourth-order valence-electron chi connectivity index (χ4n) is 1.72. The number of hydrogen-bond acceptors (Lipinski definition) is 3. The fraction of sp³-hybridized carbons (Fsp3) is 0.385. The lowest BCUT2D eigenvalue weighted by molar-refractivity contribution is -0.124. The molecule has 0 saturated carbocycles. The Labute approximate surface area is 113 Å². The molecule has 98 valence electrons. The van der Waals surface area contributed by atoms with Gasteiger partial charge in [0.15, 0.2) is 0 Å². The van der Waals surface area contributed by atoms with Crippen molar-refractivity contribution in [3.05, 3.63) is 29.3 Å². The molecule has 18 heavy (non-hydrogen) atoms. The molecule has 0 radical (unpaired) electrons. The highest BCUT2D eigenvalue weighted by atomic mass is 32.1. The summed E-state index contributed by atoms with van der Waals surface area (Å²) in [5.41, 5.74) is 2.88. The SMILES string of the molecule is CC(=O)NC(CS)C(=O)Nc1cc(C)cc(C)c1. The second-order valence-corrected chi connectivity index (χ2v) is 4.67. The van der Waals surface area contributed by atoms with Crippen LogP contribution in [-0.4, -0.2) is 23.6 Å². The molecule has 5 heteroatoms. The zero-order valence-electron chi connectivity index (χ0n) is 10.8. The van der Waals surface area contributed by atoms with Crippen LogP contribution >= 0.6 is 12.6 Å². The molecule has 0 aliphatic heterocycles. The van der Waals surface area contributed by atoms with Gasteiger partial charge >= 0.3 is 0 Å². The summed E-state index contributed by atoms with van der Waals surface area (Å²) < 4.78 is 0. The molecule has 0 heterocycles. The van der Waals surface area contributed by atoms with E-state index in [0.717, 1.165) is 16.8 Å². The Morgan fingerprint density at radius 2 is 1.78 bits per heavy atom. The standard InChI is InChI=1S/C13H18N2O2S/c1-8-4-9(2)6-11(5-8)15-13(17)12(7-18)14-10(3)16/h4-6,12,18H,7H2,1-3H3,(H,14,16)(H,15,17). The molecule has 0 aliphatic carbocycles. The van der Waals surface area contributed by atoms with E-state index >= 15 is 0 Å². The van der Waals surface area contributed by atoms with Crippen LogP contribution in [-0.2, 0) is 9.59 Å². The average molecular weight is 266 g/mol. The topological polar surface area (TPSA) is 58.2 Å². The fourth-order valence-corrected chi connectivity index (χ4v) is 1.97. The number of aryl methyl sites for hydroxylation is 2. The summed E-state index contributed by atoms with van der Waals surface area (Å²) in [6, 6.07) is 5.17. The van der Waals surface area contributed by atoms with Crippen LogP contribution in [0.15, 0.2) is 18.2 Å². The van der Waals surface area contributed by atoms with Gasteiger partial charge in [-0.2, -0.15) is 12.6 Å². The van der Waals surface area contributed by atoms with Gasteiger partial charge < -0.3 is 10.6 Å². The number of amides is 2. The lowest BCUT2D eigenvalue weighted by atomic mass is 10.1. The van der Waals surface area contributed by atoms with Gasteiger partial charge in [-0.1, -0.05) is 6.07 Å². The number of carbonyl (C=O) groups excluding carboxylic acids is 2. The lowest BCUT2D eigenvalue weighted by Gasteiger charge is -2.15. The number of nitrogens with one attached hydrogen (secondary N) is 2. The summed E-state index contributed by atoms with van der Waals surface area (Å²) in [5, 5.41) is 5.33. The number of hydrogen-bond donors (Lipinski definition) is 3. The Balaban J connectivity index is 2.76. The second-order valence-electron chi connectivity index (χ2n) is 4.30. The van der Waals surface area contributed by atoms with Gasteiger partial charge in [-0.15, -0.1) is 0 Å². The quantitative estimate of drug-likeness (QED) is 0.726. The molecule has 0 saturated heterocycles. The minimum Gasteiger partial charge on any atom is -0.344 e. The van der Waals surface area contributed by atoms with E-state index in [-0.39, 0.29) is 17.6 Å². The Morgan fingerprint density at radius 3 is 2.22 bits per heavy atom. The predicted molar refractivity (Wildman–Crippen MR) is 76.0 cm³/mol. The van der Waals surface area contributed by atoms with Gasteiger partial charge in [0.25, 0.3) is 0 Å². The lowest BCUT2D eigenvalue weighted by Crippen LogP contribution is -2.44. The number of thiol groups is 1. The molecule has 0 spiro atoms. The van der Waals surface area contributed by atoms with E-state index in [4.69, 9.17) is 0 Å². The Morgan fingerprint density at radius 1 is 1.22 bits per heavy atom. The van der Waals surface area contributed by atoms with Gasteiger partial charge in [0.2, 0.25) is 11.8 Å². The first-order valence-electron chi connectivity index (χ1n) is 5.69. The van der Waals surface area contributed by atoms with Crippen LogP contribution in [0.1, 0.15) is 18.1 Å². The van der Waals surface area contributed by atoms with E-state index in [1.165, 1.54) is 6.92 Å². The van der Waals surface area contributed by atoms with Crippen molar-refractivity contribution in [3.8, 4) is 0 Å². The molecule has 0 bridgehead atoms. The number of anilines is 1. The molecule has 2 amide bonds. The van der Waals surface area contributed by atoms with Gasteiger partial charge in [-0.3, -0.25) is 9.59 Å². The molecule has 0 aliphatic rings. The Hall–Kier alpha value is -1.49. The summed E-state index contributed by atoms with van der Waals surface area (Å²) in [6.45, 7) is 5.31. The van der Waals surface area contributed by atoms with Crippen molar-refractivity contribution in [3.63, 3.8) is 0 Å². The number of benzene rings is 1. The molecule has 4 nitrogen and oxygen atoms in total. The minimum atomic E-state index is -0.619. The van der Waals surface area contributed by atoms with Gasteiger partial charge in [0.1, 0.15) is 6.04 Å². The Bertz CT molecular complexity index is 440. The molecule has 2 N–H and O–H groups in total. The smallest absolute Gasteiger partial charge is 0.247 e. The maximum atomic E-state index is 11.9. The zero-order chi connectivity index (χ0) is 13.7. The third-order valence-electron chi connectivity index (χ3n) is 2.37. The van der Waals surface area contributed by atoms with Crippen molar-refractivity contribution in [2.24, 2.45) is 0 Å². The molecule has 0 aromatic heterocycles. The minimum absolute atomic E-state index is 0.246. The van der Waals surface area contributed by atoms with Crippen LogP contribution in [0.3, 0.4) is 0 Å². The van der Waals surface area contributed by atoms with Crippen molar-refractivity contribution in [2.75, 3.05) is 11.1 Å². The maximum Gasteiger partial charge on any atom is 0.247 e. The first kappa shape index (κ1) is 14.6. The van der Waals surface area contributed by atoms with Gasteiger partial charge in [0.05, 0.1) is 0 Å². The van der Waals surface area contributed by atoms with E-state index < -0.39 is 6.04 Å². The third-order valence-corrected chi connectivity index (χ3v) is 2.73. The van der Waals surface area contributed by atoms with Crippen LogP contribution in [0.4, 0.5) is 5.69 Å². The van der Waals surface area contributed by atoms with E-state index in [1.54, 1.807) is 0 Å². The van der Waals surface area contributed by atoms with Crippen LogP contribution in [0, 0.1) is 13.8 Å². The first-order chi connectivity index (χ1) is 8.42. The van der Waals surface area contributed by atoms with Crippen molar-refractivity contribution < 1.29 is 9.59 Å². The van der Waals surface area contributed by atoms with E-state index in [9.17, 15) is 9.59 Å². The molecule has 1 rings (SSSR count). The molecule has 1 atom stereocenters. The summed E-state index contributed by atoms with van der Waals surface area (Å²) >= 11 is 4.06. The van der Waals surface area contributed by atoms with Crippen molar-refractivity contribution in [2.45, 2.75) is 26.8 Å². The summed E-state index contributed by atoms with van der Waals surface area (Å²) in [6.07, 6.45) is 0. The van der Waals surface area contributed by atoms with Crippen LogP contribution in [0.2, 0.25) is 0 Å². The molecule has 1 aromatic rings.